The normalized spacial score (nSPS) is 14.9. The average Bonchev–Trinajstić information content (AvgIpc) is 3.21. The topological polar surface area (TPSA) is 103 Å². The number of methoxy groups -OCH3 is 1. The molecule has 8 nitrogen and oxygen atoms in total. The highest BCUT2D eigenvalue weighted by atomic mass is 35.5. The Morgan fingerprint density at radius 1 is 1.26 bits per heavy atom. The van der Waals surface area contributed by atoms with Gasteiger partial charge in [-0.15, -0.1) is 0 Å². The zero-order valence-electron chi connectivity index (χ0n) is 21.2. The zero-order chi connectivity index (χ0) is 27.2. The summed E-state index contributed by atoms with van der Waals surface area (Å²) in [6.07, 6.45) is 3.00. The maximum Gasteiger partial charge on any atom is 0.338 e. The van der Waals surface area contributed by atoms with Crippen LogP contribution >= 0.6 is 22.9 Å². The number of nitriles is 1. The Morgan fingerprint density at radius 3 is 2.79 bits per heavy atom. The van der Waals surface area contributed by atoms with Gasteiger partial charge in [0.1, 0.15) is 23.6 Å². The molecule has 1 aliphatic heterocycles. The molecule has 0 amide bonds. The van der Waals surface area contributed by atoms with E-state index in [1.807, 2.05) is 19.1 Å². The number of thiazole rings is 1. The number of halogens is 1. The van der Waals surface area contributed by atoms with E-state index in [-0.39, 0.29) is 18.8 Å². The van der Waals surface area contributed by atoms with Crippen molar-refractivity contribution in [3.8, 4) is 17.6 Å². The SMILES string of the molecule is CCCC1=C(C(=O)OCC)[C@H](c2cc(Cl)ccc2OC)n2c(s/c(=C/c3cccc(OCC#N)c3)c2=O)=N1. The summed E-state index contributed by atoms with van der Waals surface area (Å²) in [6, 6.07) is 13.3. The van der Waals surface area contributed by atoms with E-state index in [1.165, 1.54) is 23.0 Å². The smallest absolute Gasteiger partial charge is 0.338 e. The first-order chi connectivity index (χ1) is 18.4. The van der Waals surface area contributed by atoms with Gasteiger partial charge in [-0.3, -0.25) is 9.36 Å². The minimum atomic E-state index is -0.840. The lowest BCUT2D eigenvalue weighted by atomic mass is 9.93. The number of hydrogen-bond donors (Lipinski definition) is 0. The van der Waals surface area contributed by atoms with Crippen LogP contribution in [0.3, 0.4) is 0 Å². The van der Waals surface area contributed by atoms with E-state index >= 15 is 0 Å². The van der Waals surface area contributed by atoms with Crippen LogP contribution in [0.2, 0.25) is 5.02 Å². The minimum absolute atomic E-state index is 0.0794. The number of esters is 1. The van der Waals surface area contributed by atoms with Gasteiger partial charge in [-0.2, -0.15) is 5.26 Å². The van der Waals surface area contributed by atoms with Crippen molar-refractivity contribution >= 4 is 35.0 Å². The predicted octanol–water partition coefficient (Wildman–Crippen LogP) is 4.14. The van der Waals surface area contributed by atoms with Gasteiger partial charge in [0, 0.05) is 10.6 Å². The molecule has 1 aliphatic rings. The van der Waals surface area contributed by atoms with Crippen LogP contribution in [0, 0.1) is 11.3 Å². The molecule has 1 atom stereocenters. The molecule has 0 radical (unpaired) electrons. The Kier molecular flexibility index (Phi) is 8.66. The average molecular weight is 552 g/mol. The molecule has 0 spiro atoms. The molecule has 0 fully saturated rings. The summed E-state index contributed by atoms with van der Waals surface area (Å²) in [5.74, 6) is 0.462. The third-order valence-corrected chi connectivity index (χ3v) is 7.06. The van der Waals surface area contributed by atoms with Crippen LogP contribution < -0.4 is 24.4 Å². The van der Waals surface area contributed by atoms with E-state index in [4.69, 9.17) is 36.1 Å². The van der Waals surface area contributed by atoms with Crippen LogP contribution in [0.5, 0.6) is 11.5 Å². The van der Waals surface area contributed by atoms with Gasteiger partial charge in [0.15, 0.2) is 11.4 Å². The fourth-order valence-electron chi connectivity index (χ4n) is 4.30. The second kappa shape index (κ2) is 12.1. The molecule has 3 aromatic rings. The summed E-state index contributed by atoms with van der Waals surface area (Å²) in [5.41, 5.74) is 1.83. The van der Waals surface area contributed by atoms with Crippen molar-refractivity contribution in [1.82, 2.24) is 4.57 Å². The number of aromatic nitrogens is 1. The fraction of sp³-hybridized carbons (Fsp3) is 0.286. The molecule has 10 heteroatoms. The Labute approximate surface area is 228 Å². The largest absolute Gasteiger partial charge is 0.496 e. The molecule has 0 saturated heterocycles. The standard InChI is InChI=1S/C28H26ClN3O5S/c1-4-7-21-24(27(34)36-5-2)25(20-16-18(29)10-11-22(20)35-3)32-26(33)23(38-28(32)31-21)15-17-8-6-9-19(14-17)37-13-12-30/h6,8-11,14-16,25H,4-5,7,13H2,1-3H3/b23-15+/t25-/m0/s1. The third kappa shape index (κ3) is 5.52. The van der Waals surface area contributed by atoms with Gasteiger partial charge >= 0.3 is 5.97 Å². The van der Waals surface area contributed by atoms with E-state index in [1.54, 1.807) is 49.4 Å². The second-order valence-corrected chi connectivity index (χ2v) is 9.76. The van der Waals surface area contributed by atoms with Gasteiger partial charge in [-0.05, 0) is 55.3 Å². The lowest BCUT2D eigenvalue weighted by molar-refractivity contribution is -0.139. The number of carbonyl (C=O) groups excluding carboxylic acids is 1. The maximum absolute atomic E-state index is 13.9. The molecular weight excluding hydrogens is 526 g/mol. The Morgan fingerprint density at radius 2 is 2.08 bits per heavy atom. The molecule has 0 bridgehead atoms. The van der Waals surface area contributed by atoms with Crippen molar-refractivity contribution in [1.29, 1.82) is 5.26 Å². The van der Waals surface area contributed by atoms with Gasteiger partial charge in [0.05, 0.1) is 29.5 Å². The van der Waals surface area contributed by atoms with Crippen LogP contribution in [-0.2, 0) is 9.53 Å². The number of rotatable bonds is 9. The first-order valence-electron chi connectivity index (χ1n) is 12.1. The molecule has 2 aromatic carbocycles. The Bertz CT molecular complexity index is 1620. The van der Waals surface area contributed by atoms with E-state index in [0.29, 0.717) is 49.1 Å². The number of fused-ring (bicyclic) bond motifs is 1. The van der Waals surface area contributed by atoms with Crippen LogP contribution in [-0.4, -0.2) is 30.9 Å². The van der Waals surface area contributed by atoms with Gasteiger partial charge in [-0.25, -0.2) is 9.79 Å². The van der Waals surface area contributed by atoms with E-state index in [2.05, 4.69) is 0 Å². The van der Waals surface area contributed by atoms with Gasteiger partial charge in [0.2, 0.25) is 0 Å². The summed E-state index contributed by atoms with van der Waals surface area (Å²) in [7, 11) is 1.53. The van der Waals surface area contributed by atoms with Crippen molar-refractivity contribution in [3.63, 3.8) is 0 Å². The summed E-state index contributed by atoms with van der Waals surface area (Å²) in [5, 5.41) is 9.24. The number of carbonyl (C=O) groups is 1. The van der Waals surface area contributed by atoms with E-state index in [0.717, 1.165) is 12.0 Å². The van der Waals surface area contributed by atoms with Crippen LogP contribution in [0.4, 0.5) is 0 Å². The molecule has 2 heterocycles. The number of ether oxygens (including phenoxy) is 3. The van der Waals surface area contributed by atoms with Crippen molar-refractivity contribution in [2.75, 3.05) is 20.3 Å². The van der Waals surface area contributed by atoms with E-state index in [9.17, 15) is 9.59 Å². The summed E-state index contributed by atoms with van der Waals surface area (Å²) in [4.78, 5) is 32.4. The molecule has 0 unspecified atom stereocenters. The second-order valence-electron chi connectivity index (χ2n) is 8.32. The Hall–Kier alpha value is -3.87. The molecule has 4 rings (SSSR count). The molecule has 1 aromatic heterocycles. The van der Waals surface area contributed by atoms with E-state index < -0.39 is 12.0 Å². The first kappa shape index (κ1) is 27.2. The van der Waals surface area contributed by atoms with Crippen molar-refractivity contribution in [2.24, 2.45) is 4.99 Å². The van der Waals surface area contributed by atoms with Crippen molar-refractivity contribution in [2.45, 2.75) is 32.7 Å². The molecule has 38 heavy (non-hydrogen) atoms. The van der Waals surface area contributed by atoms with Gasteiger partial charge in [0.25, 0.3) is 5.56 Å². The van der Waals surface area contributed by atoms with Gasteiger partial charge in [-0.1, -0.05) is 48.4 Å². The van der Waals surface area contributed by atoms with Crippen LogP contribution in [0.1, 0.15) is 43.9 Å². The highest BCUT2D eigenvalue weighted by Crippen LogP contribution is 2.38. The van der Waals surface area contributed by atoms with Crippen LogP contribution in [0.15, 0.2) is 63.5 Å². The Balaban J connectivity index is 1.99. The zero-order valence-corrected chi connectivity index (χ0v) is 22.8. The maximum atomic E-state index is 13.9. The van der Waals surface area contributed by atoms with Gasteiger partial charge < -0.3 is 14.2 Å². The van der Waals surface area contributed by atoms with Crippen LogP contribution in [0.25, 0.3) is 6.08 Å². The van der Waals surface area contributed by atoms with Crippen molar-refractivity contribution < 1.29 is 19.0 Å². The van der Waals surface area contributed by atoms with Crippen molar-refractivity contribution in [3.05, 3.63) is 89.6 Å². The molecule has 0 saturated carbocycles. The molecule has 0 N–H and O–H groups in total. The lowest BCUT2D eigenvalue weighted by Gasteiger charge is -2.27. The number of hydrogen-bond acceptors (Lipinski definition) is 8. The highest BCUT2D eigenvalue weighted by molar-refractivity contribution is 7.07. The predicted molar refractivity (Wildman–Crippen MR) is 145 cm³/mol. The third-order valence-electron chi connectivity index (χ3n) is 5.84. The first-order valence-corrected chi connectivity index (χ1v) is 13.3. The number of nitrogens with zero attached hydrogens (tertiary/aromatic N) is 3. The molecular formula is C28H26ClN3O5S. The summed E-state index contributed by atoms with van der Waals surface area (Å²) in [6.45, 7) is 3.83. The molecule has 0 aliphatic carbocycles. The lowest BCUT2D eigenvalue weighted by Crippen LogP contribution is -2.40. The summed E-state index contributed by atoms with van der Waals surface area (Å²) >= 11 is 7.60. The highest BCUT2D eigenvalue weighted by Gasteiger charge is 2.36. The monoisotopic (exact) mass is 551 g/mol. The number of benzene rings is 2. The quantitative estimate of drug-likeness (QED) is 0.370. The fourth-order valence-corrected chi connectivity index (χ4v) is 5.50. The summed E-state index contributed by atoms with van der Waals surface area (Å²) < 4.78 is 18.4. The number of allylic oxidation sites excluding steroid dienone is 1. The molecule has 196 valence electrons. The minimum Gasteiger partial charge on any atom is -0.496 e.